The quantitative estimate of drug-likeness (QED) is 0.175. The van der Waals surface area contributed by atoms with Crippen LogP contribution in [0.4, 0.5) is 17.6 Å². The van der Waals surface area contributed by atoms with Crippen LogP contribution in [0.2, 0.25) is 0 Å². The molecule has 4 heterocycles. The smallest absolute Gasteiger partial charge is 0.328 e. The van der Waals surface area contributed by atoms with Crippen molar-refractivity contribution in [1.82, 2.24) is 37.8 Å². The lowest BCUT2D eigenvalue weighted by Gasteiger charge is -2.16. The molecule has 16 heteroatoms. The SMILES string of the molecule is CC(C)n1c(=O)n(-c2c(F)cc(C#Cc3ccccc3)cc2F)c(=O)c2nccnc21.Cn1cnc2c1c(=O)n(-c1c(F)cc(C#Cc3ccccc3)cc1F)c(=O)n2C. The van der Waals surface area contributed by atoms with Gasteiger partial charge < -0.3 is 4.57 Å². The molecule has 0 aliphatic carbocycles. The molecular weight excluding hydrogens is 781 g/mol. The predicted molar refractivity (Wildman–Crippen MR) is 216 cm³/mol. The van der Waals surface area contributed by atoms with E-state index in [0.29, 0.717) is 20.3 Å². The van der Waals surface area contributed by atoms with Crippen molar-refractivity contribution in [3.63, 3.8) is 0 Å². The Bertz CT molecular complexity index is 3320. The highest BCUT2D eigenvalue weighted by Gasteiger charge is 2.24. The van der Waals surface area contributed by atoms with Crippen molar-refractivity contribution in [2.24, 2.45) is 14.1 Å². The number of benzene rings is 4. The Kier molecular flexibility index (Phi) is 11.0. The Morgan fingerprint density at radius 1 is 0.550 bits per heavy atom. The van der Waals surface area contributed by atoms with Crippen molar-refractivity contribution in [3.05, 3.63) is 191 Å². The molecule has 0 amide bonds. The third-order valence-corrected chi connectivity index (χ3v) is 9.08. The van der Waals surface area contributed by atoms with Crippen molar-refractivity contribution in [3.8, 4) is 35.1 Å². The minimum Gasteiger partial charge on any atom is -0.328 e. The van der Waals surface area contributed by atoms with Gasteiger partial charge in [-0.05, 0) is 62.4 Å². The van der Waals surface area contributed by atoms with Gasteiger partial charge in [-0.3, -0.25) is 18.7 Å². The molecular formula is C44H30F4N8O4. The lowest BCUT2D eigenvalue weighted by Crippen LogP contribution is -2.41. The standard InChI is InChI=1S/C23H16F2N4O2.C21H14F2N4O2/c1-14(2)28-21-19(26-10-11-27-21)22(30)29(23(28)31)20-17(24)12-16(13-18(20)25)9-8-15-6-4-3-5-7-15;1-25-12-24-19-18(25)20(28)27(21(29)26(19)2)17-15(22)10-14(11-16(17)23)9-8-13-6-4-3-5-7-13/h3-7,10-14H,1-2H3;3-7,10-12H,1-2H3. The van der Waals surface area contributed by atoms with Crippen LogP contribution >= 0.6 is 0 Å². The van der Waals surface area contributed by atoms with E-state index >= 15 is 0 Å². The number of hydrogen-bond donors (Lipinski definition) is 0. The lowest BCUT2D eigenvalue weighted by molar-refractivity contribution is 0.533. The van der Waals surface area contributed by atoms with Crippen LogP contribution in [0, 0.1) is 47.0 Å². The zero-order valence-corrected chi connectivity index (χ0v) is 32.1. The molecule has 4 aromatic carbocycles. The maximum Gasteiger partial charge on any atom is 0.337 e. The van der Waals surface area contributed by atoms with Crippen LogP contribution in [-0.4, -0.2) is 37.8 Å². The average molecular weight is 811 g/mol. The first kappa shape index (κ1) is 40.1. The number of fused-ring (bicyclic) bond motifs is 2. The summed E-state index contributed by atoms with van der Waals surface area (Å²) >= 11 is 0. The van der Waals surface area contributed by atoms with Crippen LogP contribution in [0.1, 0.15) is 42.1 Å². The van der Waals surface area contributed by atoms with Gasteiger partial charge in [0.05, 0.1) is 6.33 Å². The van der Waals surface area contributed by atoms with Gasteiger partial charge in [-0.1, -0.05) is 60.1 Å². The van der Waals surface area contributed by atoms with Gasteiger partial charge in [0.25, 0.3) is 11.1 Å². The van der Waals surface area contributed by atoms with Gasteiger partial charge in [0, 0.05) is 54.8 Å². The minimum atomic E-state index is -1.09. The molecule has 298 valence electrons. The van der Waals surface area contributed by atoms with Crippen LogP contribution in [0.15, 0.2) is 123 Å². The van der Waals surface area contributed by atoms with Gasteiger partial charge in [0.1, 0.15) is 11.4 Å². The molecule has 0 fully saturated rings. The monoisotopic (exact) mass is 810 g/mol. The normalized spacial score (nSPS) is 10.8. The maximum atomic E-state index is 15.0. The molecule has 0 spiro atoms. The Morgan fingerprint density at radius 2 is 1.00 bits per heavy atom. The Balaban J connectivity index is 0.000000182. The van der Waals surface area contributed by atoms with Crippen molar-refractivity contribution < 1.29 is 17.6 Å². The number of aryl methyl sites for hydroxylation is 2. The fraction of sp³-hybridized carbons (Fsp3) is 0.114. The Morgan fingerprint density at radius 3 is 1.48 bits per heavy atom. The number of halogens is 4. The van der Waals surface area contributed by atoms with Gasteiger partial charge in [-0.15, -0.1) is 0 Å². The summed E-state index contributed by atoms with van der Waals surface area (Å²) in [6.07, 6.45) is 3.97. The predicted octanol–water partition coefficient (Wildman–Crippen LogP) is 5.30. The summed E-state index contributed by atoms with van der Waals surface area (Å²) in [6, 6.07) is 21.4. The first-order chi connectivity index (χ1) is 28.8. The number of rotatable bonds is 3. The highest BCUT2D eigenvalue weighted by Crippen LogP contribution is 2.20. The molecule has 0 N–H and O–H groups in total. The molecule has 0 aliphatic rings. The molecule has 0 radical (unpaired) electrons. The Hall–Kier alpha value is -8.11. The summed E-state index contributed by atoms with van der Waals surface area (Å²) in [5.74, 6) is 6.67. The van der Waals surface area contributed by atoms with Gasteiger partial charge in [0.15, 0.2) is 45.6 Å². The van der Waals surface area contributed by atoms with Crippen LogP contribution in [0.25, 0.3) is 33.7 Å². The molecule has 8 rings (SSSR count). The third-order valence-electron chi connectivity index (χ3n) is 9.08. The second-order valence-corrected chi connectivity index (χ2v) is 13.4. The summed E-state index contributed by atoms with van der Waals surface area (Å²) in [7, 11) is 2.93. The molecule has 0 saturated heterocycles. The molecule has 60 heavy (non-hydrogen) atoms. The van der Waals surface area contributed by atoms with Crippen molar-refractivity contribution in [2.75, 3.05) is 0 Å². The van der Waals surface area contributed by atoms with E-state index < -0.39 is 63.2 Å². The molecule has 0 atom stereocenters. The van der Waals surface area contributed by atoms with Gasteiger partial charge >= 0.3 is 11.4 Å². The maximum absolute atomic E-state index is 15.0. The van der Waals surface area contributed by atoms with Crippen LogP contribution in [-0.2, 0) is 14.1 Å². The molecule has 4 aromatic heterocycles. The van der Waals surface area contributed by atoms with Crippen LogP contribution < -0.4 is 22.5 Å². The van der Waals surface area contributed by atoms with Crippen molar-refractivity contribution in [2.45, 2.75) is 19.9 Å². The van der Waals surface area contributed by atoms with Gasteiger partial charge in [0.2, 0.25) is 0 Å². The molecule has 0 unspecified atom stereocenters. The lowest BCUT2D eigenvalue weighted by atomic mass is 10.1. The van der Waals surface area contributed by atoms with E-state index in [0.717, 1.165) is 28.8 Å². The number of hydrogen-bond acceptors (Lipinski definition) is 7. The van der Waals surface area contributed by atoms with E-state index in [-0.39, 0.29) is 33.5 Å². The fourth-order valence-corrected chi connectivity index (χ4v) is 6.29. The second-order valence-electron chi connectivity index (χ2n) is 13.4. The van der Waals surface area contributed by atoms with Crippen LogP contribution in [0.3, 0.4) is 0 Å². The second kappa shape index (κ2) is 16.4. The minimum absolute atomic E-state index is 0.0508. The topological polar surface area (TPSA) is 132 Å². The molecule has 12 nitrogen and oxygen atoms in total. The highest BCUT2D eigenvalue weighted by atomic mass is 19.1. The number of imidazole rings is 1. The summed E-state index contributed by atoms with van der Waals surface area (Å²) < 4.78 is 64.1. The van der Waals surface area contributed by atoms with Gasteiger partial charge in [-0.25, -0.2) is 51.2 Å². The highest BCUT2D eigenvalue weighted by molar-refractivity contribution is 5.71. The molecule has 0 saturated carbocycles. The van der Waals surface area contributed by atoms with E-state index in [4.69, 9.17) is 0 Å². The van der Waals surface area contributed by atoms with E-state index in [1.165, 1.54) is 34.9 Å². The fourth-order valence-electron chi connectivity index (χ4n) is 6.29. The van der Waals surface area contributed by atoms with E-state index in [1.54, 1.807) is 69.4 Å². The molecule has 0 aliphatic heterocycles. The molecule has 8 aromatic rings. The summed E-state index contributed by atoms with van der Waals surface area (Å²) in [5.41, 5.74) is -3.56. The first-order valence-corrected chi connectivity index (χ1v) is 18.0. The van der Waals surface area contributed by atoms with E-state index in [9.17, 15) is 36.7 Å². The zero-order valence-electron chi connectivity index (χ0n) is 32.1. The average Bonchev–Trinajstić information content (AvgIpc) is 3.62. The van der Waals surface area contributed by atoms with Crippen molar-refractivity contribution >= 4 is 22.3 Å². The van der Waals surface area contributed by atoms with Crippen LogP contribution in [0.5, 0.6) is 0 Å². The summed E-state index contributed by atoms with van der Waals surface area (Å²) in [5, 5.41) is 0. The van der Waals surface area contributed by atoms with E-state index in [2.05, 4.69) is 38.6 Å². The van der Waals surface area contributed by atoms with Crippen molar-refractivity contribution in [1.29, 1.82) is 0 Å². The number of nitrogens with zero attached hydrogens (tertiary/aromatic N) is 8. The Labute approximate surface area is 336 Å². The summed E-state index contributed by atoms with van der Waals surface area (Å²) in [4.78, 5) is 63.4. The van der Waals surface area contributed by atoms with Gasteiger partial charge in [-0.2, -0.15) is 0 Å². The first-order valence-electron chi connectivity index (χ1n) is 18.0. The zero-order chi connectivity index (χ0) is 42.8. The number of aromatic nitrogens is 8. The largest absolute Gasteiger partial charge is 0.337 e. The molecule has 0 bridgehead atoms. The van der Waals surface area contributed by atoms with E-state index in [1.807, 2.05) is 12.1 Å². The summed E-state index contributed by atoms with van der Waals surface area (Å²) in [6.45, 7) is 3.39. The third kappa shape index (κ3) is 7.52.